The number of aromatic nitrogens is 3. The number of benzene rings is 1. The molecule has 1 aliphatic rings. The lowest BCUT2D eigenvalue weighted by Gasteiger charge is -2.18. The molecule has 8 nitrogen and oxygen atoms in total. The number of carbonyl (C=O) groups excluding carboxylic acids is 1. The topological polar surface area (TPSA) is 121 Å². The Labute approximate surface area is 172 Å². The minimum absolute atomic E-state index is 0.0887. The molecule has 0 aliphatic carbocycles. The van der Waals surface area contributed by atoms with Gasteiger partial charge in [0.15, 0.2) is 0 Å². The number of hydrogen-bond acceptors (Lipinski definition) is 7. The van der Waals surface area contributed by atoms with Crippen molar-refractivity contribution in [3.8, 4) is 6.07 Å². The Kier molecular flexibility index (Phi) is 5.39. The average molecular weight is 405 g/mol. The maximum Gasteiger partial charge on any atom is 0.255 e. The van der Waals surface area contributed by atoms with E-state index in [1.807, 2.05) is 6.07 Å². The van der Waals surface area contributed by atoms with Crippen LogP contribution in [0.15, 0.2) is 30.6 Å². The molecule has 1 fully saturated rings. The molecule has 152 valence electrons. The number of nitrogens with zero attached hydrogens (tertiary/aromatic N) is 5. The second-order valence-electron chi connectivity index (χ2n) is 7.06. The molecular formula is C21H20FN7O. The van der Waals surface area contributed by atoms with Crippen molar-refractivity contribution in [1.29, 1.82) is 5.26 Å². The lowest BCUT2D eigenvalue weighted by atomic mass is 10.1. The fourth-order valence-corrected chi connectivity index (χ4v) is 3.61. The van der Waals surface area contributed by atoms with Crippen LogP contribution < -0.4 is 11.1 Å². The van der Waals surface area contributed by atoms with Crippen LogP contribution in [-0.4, -0.2) is 45.4 Å². The van der Waals surface area contributed by atoms with Crippen LogP contribution in [0.4, 0.5) is 16.0 Å². The van der Waals surface area contributed by atoms with Crippen LogP contribution in [0.5, 0.6) is 0 Å². The highest BCUT2D eigenvalue weighted by Gasteiger charge is 2.23. The molecule has 0 saturated carbocycles. The maximum atomic E-state index is 14.3. The third-order valence-electron chi connectivity index (χ3n) is 5.14. The minimum Gasteiger partial charge on any atom is -0.382 e. The maximum absolute atomic E-state index is 14.3. The summed E-state index contributed by atoms with van der Waals surface area (Å²) >= 11 is 0. The van der Waals surface area contributed by atoms with Crippen molar-refractivity contribution in [3.05, 3.63) is 53.2 Å². The number of halogens is 1. The van der Waals surface area contributed by atoms with Crippen molar-refractivity contribution in [2.75, 3.05) is 30.7 Å². The van der Waals surface area contributed by atoms with Crippen molar-refractivity contribution >= 4 is 28.4 Å². The van der Waals surface area contributed by atoms with Gasteiger partial charge in [0.2, 0.25) is 0 Å². The fourth-order valence-electron chi connectivity index (χ4n) is 3.61. The number of para-hydroxylation sites is 1. The number of anilines is 2. The summed E-state index contributed by atoms with van der Waals surface area (Å²) in [6.07, 6.45) is 3.56. The number of hydrogen-bond donors (Lipinski definition) is 2. The molecule has 1 amide bonds. The second kappa shape index (κ2) is 8.29. The number of nitriles is 1. The van der Waals surface area contributed by atoms with E-state index in [2.05, 4.69) is 20.3 Å². The van der Waals surface area contributed by atoms with Crippen molar-refractivity contribution in [2.45, 2.75) is 19.3 Å². The van der Waals surface area contributed by atoms with Gasteiger partial charge in [-0.05, 0) is 25.0 Å². The summed E-state index contributed by atoms with van der Waals surface area (Å²) in [4.78, 5) is 27.2. The summed E-state index contributed by atoms with van der Waals surface area (Å²) < 4.78 is 14.3. The first-order valence-electron chi connectivity index (χ1n) is 9.70. The Morgan fingerprint density at radius 1 is 1.30 bits per heavy atom. The quantitative estimate of drug-likeness (QED) is 0.669. The van der Waals surface area contributed by atoms with E-state index in [1.54, 1.807) is 23.1 Å². The number of nitrogens with one attached hydrogen (secondary N) is 1. The Hall–Kier alpha value is -3.80. The predicted molar refractivity (Wildman–Crippen MR) is 110 cm³/mol. The Bertz CT molecular complexity index is 1150. The molecular weight excluding hydrogens is 385 g/mol. The van der Waals surface area contributed by atoms with E-state index in [0.29, 0.717) is 48.5 Å². The van der Waals surface area contributed by atoms with E-state index in [4.69, 9.17) is 5.73 Å². The van der Waals surface area contributed by atoms with Crippen LogP contribution in [0.3, 0.4) is 0 Å². The number of nitrogens with two attached hydrogens (primary N) is 1. The van der Waals surface area contributed by atoms with E-state index in [1.165, 1.54) is 12.4 Å². The number of carbonyl (C=O) groups is 1. The molecule has 1 saturated heterocycles. The zero-order valence-corrected chi connectivity index (χ0v) is 16.2. The first-order valence-corrected chi connectivity index (χ1v) is 9.70. The summed E-state index contributed by atoms with van der Waals surface area (Å²) in [6, 6.07) is 8.39. The van der Waals surface area contributed by atoms with Gasteiger partial charge in [0.05, 0.1) is 11.3 Å². The lowest BCUT2D eigenvalue weighted by molar-refractivity contribution is 0.0791. The molecule has 2 aromatic heterocycles. The van der Waals surface area contributed by atoms with Gasteiger partial charge in [-0.3, -0.25) is 4.79 Å². The van der Waals surface area contributed by atoms with Crippen LogP contribution in [0.2, 0.25) is 0 Å². The van der Waals surface area contributed by atoms with E-state index in [-0.39, 0.29) is 22.8 Å². The van der Waals surface area contributed by atoms with Gasteiger partial charge >= 0.3 is 0 Å². The molecule has 3 aromatic rings. The standard InChI is InChI=1S/C21H20FN7O/c22-16-5-3-4-13-10-14(21(30)29-8-1-2-9-29)17(28-18(13)16)6-7-25-20-15(11-23)19(24)26-12-27-20/h3-5,10,12H,1-2,6-9H2,(H3,24,25,26,27). The third kappa shape index (κ3) is 3.72. The van der Waals surface area contributed by atoms with Gasteiger partial charge in [0.25, 0.3) is 5.91 Å². The van der Waals surface area contributed by atoms with Gasteiger partial charge in [-0.1, -0.05) is 12.1 Å². The summed E-state index contributed by atoms with van der Waals surface area (Å²) in [5.41, 5.74) is 7.07. The first-order chi connectivity index (χ1) is 14.6. The normalized spacial score (nSPS) is 13.4. The van der Waals surface area contributed by atoms with Gasteiger partial charge in [-0.2, -0.15) is 5.26 Å². The molecule has 0 atom stereocenters. The largest absolute Gasteiger partial charge is 0.382 e. The Morgan fingerprint density at radius 2 is 2.10 bits per heavy atom. The highest BCUT2D eigenvalue weighted by Crippen LogP contribution is 2.23. The zero-order valence-electron chi connectivity index (χ0n) is 16.2. The zero-order chi connectivity index (χ0) is 21.1. The summed E-state index contributed by atoms with van der Waals surface area (Å²) in [5, 5.41) is 12.9. The molecule has 0 spiro atoms. The average Bonchev–Trinajstić information content (AvgIpc) is 3.28. The molecule has 4 rings (SSSR count). The molecule has 9 heteroatoms. The molecule has 0 unspecified atom stereocenters. The van der Waals surface area contributed by atoms with Crippen LogP contribution in [-0.2, 0) is 6.42 Å². The van der Waals surface area contributed by atoms with Crippen molar-refractivity contribution in [2.24, 2.45) is 0 Å². The summed E-state index contributed by atoms with van der Waals surface area (Å²) in [5.74, 6) is -0.127. The minimum atomic E-state index is -0.433. The molecule has 0 radical (unpaired) electrons. The number of rotatable bonds is 5. The first kappa shape index (κ1) is 19.5. The van der Waals surface area contributed by atoms with Gasteiger partial charge in [-0.25, -0.2) is 19.3 Å². The van der Waals surface area contributed by atoms with E-state index in [0.717, 1.165) is 12.8 Å². The number of likely N-dealkylation sites (tertiary alicyclic amines) is 1. The molecule has 3 N–H and O–H groups in total. The van der Waals surface area contributed by atoms with Crippen molar-refractivity contribution in [3.63, 3.8) is 0 Å². The van der Waals surface area contributed by atoms with E-state index < -0.39 is 5.82 Å². The van der Waals surface area contributed by atoms with Crippen LogP contribution >= 0.6 is 0 Å². The van der Waals surface area contributed by atoms with Crippen LogP contribution in [0.1, 0.15) is 34.5 Å². The highest BCUT2D eigenvalue weighted by molar-refractivity contribution is 5.99. The monoisotopic (exact) mass is 405 g/mol. The number of amides is 1. The van der Waals surface area contributed by atoms with Gasteiger partial charge in [0, 0.05) is 31.4 Å². The SMILES string of the molecule is N#Cc1c(N)ncnc1NCCc1nc2c(F)cccc2cc1C(=O)N1CCCC1. The second-order valence-corrected chi connectivity index (χ2v) is 7.06. The van der Waals surface area contributed by atoms with Gasteiger partial charge in [0.1, 0.15) is 40.9 Å². The molecule has 3 heterocycles. The molecule has 1 aromatic carbocycles. The lowest BCUT2D eigenvalue weighted by Crippen LogP contribution is -2.29. The predicted octanol–water partition coefficient (Wildman–Crippen LogP) is 2.51. The van der Waals surface area contributed by atoms with E-state index >= 15 is 0 Å². The number of pyridine rings is 1. The third-order valence-corrected chi connectivity index (χ3v) is 5.14. The Balaban J connectivity index is 1.64. The summed E-state index contributed by atoms with van der Waals surface area (Å²) in [6.45, 7) is 1.76. The Morgan fingerprint density at radius 3 is 2.87 bits per heavy atom. The van der Waals surface area contributed by atoms with Crippen LogP contribution in [0, 0.1) is 17.1 Å². The van der Waals surface area contributed by atoms with Gasteiger partial charge in [-0.15, -0.1) is 0 Å². The molecule has 0 bridgehead atoms. The summed E-state index contributed by atoms with van der Waals surface area (Å²) in [7, 11) is 0. The van der Waals surface area contributed by atoms with E-state index in [9.17, 15) is 14.4 Å². The number of fused-ring (bicyclic) bond motifs is 1. The van der Waals surface area contributed by atoms with Gasteiger partial charge < -0.3 is 16.0 Å². The smallest absolute Gasteiger partial charge is 0.255 e. The molecule has 1 aliphatic heterocycles. The van der Waals surface area contributed by atoms with Crippen LogP contribution in [0.25, 0.3) is 10.9 Å². The van der Waals surface area contributed by atoms with Crippen molar-refractivity contribution < 1.29 is 9.18 Å². The highest BCUT2D eigenvalue weighted by atomic mass is 19.1. The fraction of sp³-hybridized carbons (Fsp3) is 0.286. The number of nitrogen functional groups attached to an aromatic ring is 1. The van der Waals surface area contributed by atoms with Crippen molar-refractivity contribution in [1.82, 2.24) is 19.9 Å². The molecule has 30 heavy (non-hydrogen) atoms.